The number of carbonyl (C=O) groups excluding carboxylic acids is 1. The summed E-state index contributed by atoms with van der Waals surface area (Å²) in [7, 11) is 0. The Morgan fingerprint density at radius 2 is 2.00 bits per heavy atom. The van der Waals surface area contributed by atoms with Crippen molar-refractivity contribution in [3.05, 3.63) is 52.8 Å². The summed E-state index contributed by atoms with van der Waals surface area (Å²) in [6, 6.07) is 12.8. The molecule has 0 saturated heterocycles. The van der Waals surface area contributed by atoms with Gasteiger partial charge in [0.2, 0.25) is 0 Å². The van der Waals surface area contributed by atoms with E-state index in [-0.39, 0.29) is 11.6 Å². The molecule has 4 nitrogen and oxygen atoms in total. The fourth-order valence-electron chi connectivity index (χ4n) is 1.72. The molecule has 1 N–H and O–H groups in total. The van der Waals surface area contributed by atoms with Crippen molar-refractivity contribution in [2.75, 3.05) is 0 Å². The maximum Gasteiger partial charge on any atom is 0.262 e. The fourth-order valence-corrected chi connectivity index (χ4v) is 2.62. The summed E-state index contributed by atoms with van der Waals surface area (Å²) in [6.45, 7) is 3.67. The molecule has 6 heteroatoms. The van der Waals surface area contributed by atoms with E-state index in [1.165, 1.54) is 17.8 Å². The average Bonchev–Trinajstić information content (AvgIpc) is 2.93. The highest BCUT2D eigenvalue weighted by Crippen LogP contribution is 2.30. The molecule has 0 unspecified atom stereocenters. The molecule has 2 aromatic rings. The van der Waals surface area contributed by atoms with Crippen LogP contribution in [0, 0.1) is 11.3 Å². The van der Waals surface area contributed by atoms with Gasteiger partial charge in [-0.3, -0.25) is 4.79 Å². The van der Waals surface area contributed by atoms with Crippen molar-refractivity contribution in [3.63, 3.8) is 0 Å². The second kappa shape index (κ2) is 7.91. The van der Waals surface area contributed by atoms with Gasteiger partial charge in [0.1, 0.15) is 17.4 Å². The first-order valence-electron chi connectivity index (χ1n) is 6.94. The van der Waals surface area contributed by atoms with Crippen LogP contribution in [-0.2, 0) is 4.79 Å². The summed E-state index contributed by atoms with van der Waals surface area (Å²) in [5, 5.41) is 13.1. The van der Waals surface area contributed by atoms with E-state index in [1.807, 2.05) is 32.0 Å². The van der Waals surface area contributed by atoms with Crippen molar-refractivity contribution in [1.29, 1.82) is 5.26 Å². The van der Waals surface area contributed by atoms with Gasteiger partial charge in [-0.15, -0.1) is 0 Å². The number of nitrogens with zero attached hydrogens (tertiary/aromatic N) is 1. The number of carbonyl (C=O) groups is 1. The molecule has 0 aliphatic heterocycles. The molecule has 0 saturated carbocycles. The molecule has 0 atom stereocenters. The first-order chi connectivity index (χ1) is 11.0. The van der Waals surface area contributed by atoms with Gasteiger partial charge in [0.05, 0.1) is 0 Å². The Morgan fingerprint density at radius 1 is 1.30 bits per heavy atom. The molecule has 2 rings (SSSR count). The number of halogens is 1. The lowest BCUT2D eigenvalue weighted by Gasteiger charge is -2.06. The Labute approximate surface area is 144 Å². The summed E-state index contributed by atoms with van der Waals surface area (Å²) >= 11 is 7.28. The average molecular weight is 347 g/mol. The molecule has 0 radical (unpaired) electrons. The van der Waals surface area contributed by atoms with E-state index in [9.17, 15) is 4.79 Å². The summed E-state index contributed by atoms with van der Waals surface area (Å²) in [6.07, 6.45) is 1.43. The second-order valence-corrected chi connectivity index (χ2v) is 6.53. The van der Waals surface area contributed by atoms with Gasteiger partial charge in [-0.25, -0.2) is 0 Å². The van der Waals surface area contributed by atoms with Gasteiger partial charge in [0.25, 0.3) is 5.91 Å². The van der Waals surface area contributed by atoms with E-state index in [2.05, 4.69) is 5.32 Å². The molecule has 0 fully saturated rings. The number of nitriles is 1. The maximum atomic E-state index is 11.9. The number of rotatable bonds is 5. The van der Waals surface area contributed by atoms with Crippen LogP contribution < -0.4 is 5.32 Å². The molecular weight excluding hydrogens is 332 g/mol. The van der Waals surface area contributed by atoms with Crippen LogP contribution in [0.3, 0.4) is 0 Å². The predicted molar refractivity (Wildman–Crippen MR) is 91.2 cm³/mol. The van der Waals surface area contributed by atoms with Gasteiger partial charge in [-0.2, -0.15) is 5.26 Å². The molecule has 1 aromatic carbocycles. The molecule has 0 bridgehead atoms. The Balaban J connectivity index is 2.11. The third-order valence-corrected chi connectivity index (χ3v) is 3.89. The first-order valence-corrected chi connectivity index (χ1v) is 8.13. The van der Waals surface area contributed by atoms with E-state index in [0.29, 0.717) is 15.9 Å². The zero-order chi connectivity index (χ0) is 16.8. The van der Waals surface area contributed by atoms with E-state index in [0.717, 1.165) is 4.90 Å². The van der Waals surface area contributed by atoms with Gasteiger partial charge in [0.15, 0.2) is 5.09 Å². The lowest BCUT2D eigenvalue weighted by Crippen LogP contribution is -2.30. The van der Waals surface area contributed by atoms with E-state index in [4.69, 9.17) is 21.3 Å². The monoisotopic (exact) mass is 346 g/mol. The predicted octanol–water partition coefficient (Wildman–Crippen LogP) is 4.52. The molecule has 0 spiro atoms. The van der Waals surface area contributed by atoms with Crippen molar-refractivity contribution in [3.8, 4) is 6.07 Å². The number of furan rings is 1. The molecule has 118 valence electrons. The summed E-state index contributed by atoms with van der Waals surface area (Å²) in [4.78, 5) is 12.8. The summed E-state index contributed by atoms with van der Waals surface area (Å²) < 4.78 is 5.63. The van der Waals surface area contributed by atoms with Gasteiger partial charge in [0, 0.05) is 22.0 Å². The molecule has 1 heterocycles. The van der Waals surface area contributed by atoms with Crippen LogP contribution in [0.2, 0.25) is 5.02 Å². The van der Waals surface area contributed by atoms with Gasteiger partial charge < -0.3 is 9.73 Å². The highest BCUT2D eigenvalue weighted by Gasteiger charge is 2.11. The standard InChI is InChI=1S/C17H15ClN2O2S/c1-11(2)20-17(21)12(10-19)9-14-5-8-16(22-14)23-15-6-3-13(18)4-7-15/h3-9,11H,1-2H3,(H,20,21). The normalized spacial score (nSPS) is 11.3. The van der Waals surface area contributed by atoms with Crippen LogP contribution in [0.1, 0.15) is 19.6 Å². The van der Waals surface area contributed by atoms with E-state index < -0.39 is 5.91 Å². The van der Waals surface area contributed by atoms with Crippen molar-refractivity contribution in [2.45, 2.75) is 29.9 Å². The van der Waals surface area contributed by atoms with Crippen molar-refractivity contribution < 1.29 is 9.21 Å². The molecule has 0 aliphatic rings. The van der Waals surface area contributed by atoms with Crippen LogP contribution in [0.15, 0.2) is 56.4 Å². The highest BCUT2D eigenvalue weighted by molar-refractivity contribution is 7.99. The Hall–Kier alpha value is -2.16. The quantitative estimate of drug-likeness (QED) is 0.638. The molecule has 0 aliphatic carbocycles. The number of hydrogen-bond acceptors (Lipinski definition) is 4. The van der Waals surface area contributed by atoms with Gasteiger partial charge in [-0.1, -0.05) is 23.4 Å². The van der Waals surface area contributed by atoms with Gasteiger partial charge in [-0.05, 0) is 50.2 Å². The summed E-state index contributed by atoms with van der Waals surface area (Å²) in [5.74, 6) is 0.0442. The number of hydrogen-bond donors (Lipinski definition) is 1. The minimum atomic E-state index is -0.411. The molecule has 23 heavy (non-hydrogen) atoms. The minimum Gasteiger partial charge on any atom is -0.450 e. The van der Waals surface area contributed by atoms with Crippen LogP contribution in [0.5, 0.6) is 0 Å². The van der Waals surface area contributed by atoms with Crippen molar-refractivity contribution in [1.82, 2.24) is 5.32 Å². The van der Waals surface area contributed by atoms with Gasteiger partial charge >= 0.3 is 0 Å². The Bertz CT molecular complexity index is 758. The largest absolute Gasteiger partial charge is 0.450 e. The lowest BCUT2D eigenvalue weighted by molar-refractivity contribution is -0.117. The fraction of sp³-hybridized carbons (Fsp3) is 0.176. The van der Waals surface area contributed by atoms with Crippen LogP contribution >= 0.6 is 23.4 Å². The summed E-state index contributed by atoms with van der Waals surface area (Å²) in [5.41, 5.74) is 0.0103. The van der Waals surface area contributed by atoms with Crippen molar-refractivity contribution >= 4 is 35.3 Å². The Morgan fingerprint density at radius 3 is 2.61 bits per heavy atom. The molecular formula is C17H15ClN2O2S. The minimum absolute atomic E-state index is 0.0103. The van der Waals surface area contributed by atoms with E-state index in [1.54, 1.807) is 24.3 Å². The third kappa shape index (κ3) is 5.20. The third-order valence-electron chi connectivity index (χ3n) is 2.71. The van der Waals surface area contributed by atoms with Crippen molar-refractivity contribution in [2.24, 2.45) is 0 Å². The molecule has 1 amide bonds. The number of amides is 1. The maximum absolute atomic E-state index is 11.9. The number of nitrogens with one attached hydrogen (secondary N) is 1. The second-order valence-electron chi connectivity index (χ2n) is 5.01. The van der Waals surface area contributed by atoms with Crippen LogP contribution in [-0.4, -0.2) is 11.9 Å². The topological polar surface area (TPSA) is 66.0 Å². The molecule has 1 aromatic heterocycles. The number of benzene rings is 1. The smallest absolute Gasteiger partial charge is 0.262 e. The zero-order valence-corrected chi connectivity index (χ0v) is 14.2. The highest BCUT2D eigenvalue weighted by atomic mass is 35.5. The van der Waals surface area contributed by atoms with E-state index >= 15 is 0 Å². The SMILES string of the molecule is CC(C)NC(=O)C(C#N)=Cc1ccc(Sc2ccc(Cl)cc2)o1. The Kier molecular flexibility index (Phi) is 5.91. The van der Waals surface area contributed by atoms with Crippen LogP contribution in [0.25, 0.3) is 6.08 Å². The lowest BCUT2D eigenvalue weighted by atomic mass is 10.2. The zero-order valence-electron chi connectivity index (χ0n) is 12.7. The van der Waals surface area contributed by atoms with Crippen LogP contribution in [0.4, 0.5) is 0 Å². The first kappa shape index (κ1) is 17.2.